The lowest BCUT2D eigenvalue weighted by atomic mass is 9.89. The second-order valence-corrected chi connectivity index (χ2v) is 11.0. The Kier molecular flexibility index (Phi) is 5.60. The second kappa shape index (κ2) is 9.60. The van der Waals surface area contributed by atoms with Crippen LogP contribution in [0.25, 0.3) is 76.4 Å². The van der Waals surface area contributed by atoms with Crippen molar-refractivity contribution in [2.75, 3.05) is 0 Å². The van der Waals surface area contributed by atoms with Crippen molar-refractivity contribution in [2.24, 2.45) is 0 Å². The Morgan fingerprint density at radius 1 is 0.537 bits per heavy atom. The number of rotatable bonds is 5. The highest BCUT2D eigenvalue weighted by molar-refractivity contribution is 6.17. The van der Waals surface area contributed by atoms with Gasteiger partial charge in [0.2, 0.25) is 0 Å². The fourth-order valence-corrected chi connectivity index (χ4v) is 6.44. The SMILES string of the molecule is CCCCc1nc2c(-c3cc4ccccc4c4ccccc34)cc(-c3cc4ccccc4c4ccccc34)cc2o1. The average molecular weight is 528 g/mol. The van der Waals surface area contributed by atoms with Gasteiger partial charge in [-0.3, -0.25) is 0 Å². The molecule has 0 fully saturated rings. The molecule has 2 nitrogen and oxygen atoms in total. The minimum absolute atomic E-state index is 0.814. The number of nitrogens with zero attached hydrogens (tertiary/aromatic N) is 1. The molecule has 0 N–H and O–H groups in total. The van der Waals surface area contributed by atoms with E-state index >= 15 is 0 Å². The quantitative estimate of drug-likeness (QED) is 0.208. The van der Waals surface area contributed by atoms with Crippen molar-refractivity contribution >= 4 is 54.2 Å². The van der Waals surface area contributed by atoms with E-state index in [2.05, 4.69) is 128 Å². The summed E-state index contributed by atoms with van der Waals surface area (Å²) in [5.74, 6) is 0.814. The smallest absolute Gasteiger partial charge is 0.195 e. The first-order valence-corrected chi connectivity index (χ1v) is 14.5. The summed E-state index contributed by atoms with van der Waals surface area (Å²) in [6, 6.07) is 44.0. The predicted molar refractivity (Wildman–Crippen MR) is 174 cm³/mol. The zero-order valence-electron chi connectivity index (χ0n) is 23.0. The molecule has 1 heterocycles. The largest absolute Gasteiger partial charge is 0.441 e. The van der Waals surface area contributed by atoms with Crippen molar-refractivity contribution in [1.82, 2.24) is 4.98 Å². The third kappa shape index (κ3) is 3.90. The second-order valence-electron chi connectivity index (χ2n) is 11.0. The number of oxazole rings is 1. The van der Waals surface area contributed by atoms with Crippen LogP contribution < -0.4 is 0 Å². The molecule has 0 saturated heterocycles. The van der Waals surface area contributed by atoms with E-state index in [0.29, 0.717) is 0 Å². The van der Waals surface area contributed by atoms with Crippen LogP contribution in [-0.2, 0) is 6.42 Å². The first kappa shape index (κ1) is 23.9. The maximum absolute atomic E-state index is 6.48. The molecule has 7 aromatic carbocycles. The number of hydrogen-bond acceptors (Lipinski definition) is 2. The lowest BCUT2D eigenvalue weighted by Gasteiger charge is -2.14. The standard InChI is InChI=1S/C39H29NO/c1-2-3-20-38-40-39-36(35-22-26-13-5-7-15-29(26)31-17-9-11-19-33(31)35)23-27(24-37(39)41-38)34-21-25-12-4-6-14-28(25)30-16-8-10-18-32(30)34/h4-19,21-24H,2-3,20H2,1H3. The molecule has 0 atom stereocenters. The zero-order chi connectivity index (χ0) is 27.3. The highest BCUT2D eigenvalue weighted by atomic mass is 16.3. The lowest BCUT2D eigenvalue weighted by Crippen LogP contribution is -1.90. The van der Waals surface area contributed by atoms with Gasteiger partial charge < -0.3 is 4.42 Å². The third-order valence-corrected chi connectivity index (χ3v) is 8.42. The number of fused-ring (bicyclic) bond motifs is 7. The van der Waals surface area contributed by atoms with Crippen molar-refractivity contribution in [3.8, 4) is 22.3 Å². The van der Waals surface area contributed by atoms with Crippen LogP contribution >= 0.6 is 0 Å². The van der Waals surface area contributed by atoms with Crippen LogP contribution in [0.4, 0.5) is 0 Å². The van der Waals surface area contributed by atoms with E-state index in [1.165, 1.54) is 54.2 Å². The van der Waals surface area contributed by atoms with E-state index in [1.807, 2.05) is 0 Å². The van der Waals surface area contributed by atoms with Crippen LogP contribution in [-0.4, -0.2) is 4.98 Å². The number of aryl methyl sites for hydroxylation is 1. The number of aromatic nitrogens is 1. The van der Waals surface area contributed by atoms with Crippen LogP contribution in [0.5, 0.6) is 0 Å². The maximum atomic E-state index is 6.48. The molecule has 1 aromatic heterocycles. The fourth-order valence-electron chi connectivity index (χ4n) is 6.44. The van der Waals surface area contributed by atoms with Gasteiger partial charge in [-0.1, -0.05) is 110 Å². The molecule has 0 bridgehead atoms. The van der Waals surface area contributed by atoms with E-state index in [4.69, 9.17) is 9.40 Å². The number of unbranched alkanes of at least 4 members (excludes halogenated alkanes) is 1. The van der Waals surface area contributed by atoms with Crippen LogP contribution in [0.15, 0.2) is 126 Å². The van der Waals surface area contributed by atoms with Gasteiger partial charge >= 0.3 is 0 Å². The Balaban J connectivity index is 1.48. The molecular weight excluding hydrogens is 498 g/mol. The molecule has 2 heteroatoms. The molecule has 0 amide bonds. The van der Waals surface area contributed by atoms with Gasteiger partial charge in [0, 0.05) is 12.0 Å². The normalized spacial score (nSPS) is 11.8. The molecule has 0 spiro atoms. The summed E-state index contributed by atoms with van der Waals surface area (Å²) in [7, 11) is 0. The Bertz CT molecular complexity index is 2260. The van der Waals surface area contributed by atoms with E-state index in [9.17, 15) is 0 Å². The van der Waals surface area contributed by atoms with E-state index in [0.717, 1.165) is 47.4 Å². The van der Waals surface area contributed by atoms with E-state index < -0.39 is 0 Å². The topological polar surface area (TPSA) is 26.0 Å². The molecule has 41 heavy (non-hydrogen) atoms. The molecule has 0 radical (unpaired) electrons. The lowest BCUT2D eigenvalue weighted by molar-refractivity contribution is 0.518. The molecule has 0 aliphatic carbocycles. The Labute approximate surface area is 238 Å². The number of benzene rings is 7. The summed E-state index contributed by atoms with van der Waals surface area (Å²) in [6.07, 6.45) is 3.01. The summed E-state index contributed by atoms with van der Waals surface area (Å²) in [5.41, 5.74) is 6.43. The maximum Gasteiger partial charge on any atom is 0.195 e. The summed E-state index contributed by atoms with van der Waals surface area (Å²) in [5, 5.41) is 9.99. The molecule has 0 aliphatic heterocycles. The van der Waals surface area contributed by atoms with Crippen molar-refractivity contribution in [2.45, 2.75) is 26.2 Å². The highest BCUT2D eigenvalue weighted by Crippen LogP contribution is 2.42. The molecule has 8 aromatic rings. The van der Waals surface area contributed by atoms with Crippen LogP contribution in [0.3, 0.4) is 0 Å². The molecule has 0 saturated carbocycles. The van der Waals surface area contributed by atoms with Crippen molar-refractivity contribution in [1.29, 1.82) is 0 Å². The summed E-state index contributed by atoms with van der Waals surface area (Å²) < 4.78 is 6.48. The first-order valence-electron chi connectivity index (χ1n) is 14.5. The Hall–Kier alpha value is -4.95. The van der Waals surface area contributed by atoms with Gasteiger partial charge in [0.15, 0.2) is 11.5 Å². The van der Waals surface area contributed by atoms with Gasteiger partial charge in [-0.05, 0) is 90.5 Å². The van der Waals surface area contributed by atoms with Crippen LogP contribution in [0.2, 0.25) is 0 Å². The van der Waals surface area contributed by atoms with Crippen LogP contribution in [0, 0.1) is 0 Å². The van der Waals surface area contributed by atoms with E-state index in [-0.39, 0.29) is 0 Å². The van der Waals surface area contributed by atoms with Gasteiger partial charge in [0.05, 0.1) is 0 Å². The highest BCUT2D eigenvalue weighted by Gasteiger charge is 2.19. The Morgan fingerprint density at radius 3 is 1.71 bits per heavy atom. The summed E-state index contributed by atoms with van der Waals surface area (Å²) in [6.45, 7) is 2.21. The minimum atomic E-state index is 0.814. The molecule has 0 unspecified atom stereocenters. The average Bonchev–Trinajstić information content (AvgIpc) is 3.45. The number of hydrogen-bond donors (Lipinski definition) is 0. The first-order chi connectivity index (χ1) is 20.3. The van der Waals surface area contributed by atoms with Gasteiger partial charge in [-0.25, -0.2) is 4.98 Å². The minimum Gasteiger partial charge on any atom is -0.441 e. The monoisotopic (exact) mass is 527 g/mol. The predicted octanol–water partition coefficient (Wildman–Crippen LogP) is 11.1. The van der Waals surface area contributed by atoms with Gasteiger partial charge in [0.25, 0.3) is 0 Å². The van der Waals surface area contributed by atoms with Crippen molar-refractivity contribution in [3.63, 3.8) is 0 Å². The van der Waals surface area contributed by atoms with Gasteiger partial charge in [-0.15, -0.1) is 0 Å². The van der Waals surface area contributed by atoms with Crippen molar-refractivity contribution in [3.05, 3.63) is 127 Å². The van der Waals surface area contributed by atoms with E-state index in [1.54, 1.807) is 0 Å². The Morgan fingerprint density at radius 2 is 1.07 bits per heavy atom. The van der Waals surface area contributed by atoms with Gasteiger partial charge in [0.1, 0.15) is 5.52 Å². The van der Waals surface area contributed by atoms with Crippen LogP contribution in [0.1, 0.15) is 25.7 Å². The van der Waals surface area contributed by atoms with Gasteiger partial charge in [-0.2, -0.15) is 0 Å². The van der Waals surface area contributed by atoms with Crippen molar-refractivity contribution < 1.29 is 4.42 Å². The molecular formula is C39H29NO. The fraction of sp³-hybridized carbons (Fsp3) is 0.103. The molecule has 0 aliphatic rings. The molecule has 8 rings (SSSR count). The summed E-state index contributed by atoms with van der Waals surface area (Å²) in [4.78, 5) is 5.09. The third-order valence-electron chi connectivity index (χ3n) is 8.42. The zero-order valence-corrected chi connectivity index (χ0v) is 23.0. The summed E-state index contributed by atoms with van der Waals surface area (Å²) >= 11 is 0. The molecule has 196 valence electrons.